The van der Waals surface area contributed by atoms with Crippen LogP contribution in [0.2, 0.25) is 0 Å². The van der Waals surface area contributed by atoms with Crippen LogP contribution in [0.15, 0.2) is 93.2 Å². The van der Waals surface area contributed by atoms with Crippen LogP contribution in [0.5, 0.6) is 0 Å². The Hall–Kier alpha value is -4.44. The van der Waals surface area contributed by atoms with Crippen molar-refractivity contribution in [3.63, 3.8) is 0 Å². The zero-order valence-electron chi connectivity index (χ0n) is 20.9. The van der Waals surface area contributed by atoms with Gasteiger partial charge in [-0.05, 0) is 43.3 Å². The van der Waals surface area contributed by atoms with Crippen molar-refractivity contribution in [1.82, 2.24) is 15.3 Å². The van der Waals surface area contributed by atoms with Gasteiger partial charge in [-0.15, -0.1) is 0 Å². The van der Waals surface area contributed by atoms with Gasteiger partial charge in [0.1, 0.15) is 5.76 Å². The molecule has 0 fully saturated rings. The number of thioether (sulfide) groups is 1. The lowest BCUT2D eigenvalue weighted by Gasteiger charge is -2.28. The van der Waals surface area contributed by atoms with Gasteiger partial charge in [0.2, 0.25) is 5.91 Å². The number of fused-ring (bicyclic) bond motifs is 2. The highest BCUT2D eigenvalue weighted by atomic mass is 32.2. The Kier molecular flexibility index (Phi) is 7.08. The van der Waals surface area contributed by atoms with Gasteiger partial charge in [0.05, 0.1) is 60.6 Å². The number of nitriles is 1. The molecule has 1 unspecified atom stereocenters. The number of thiazole rings is 2. The first kappa shape index (κ1) is 25.8. The van der Waals surface area contributed by atoms with Crippen LogP contribution in [0.4, 0.5) is 10.3 Å². The predicted octanol–water partition coefficient (Wildman–Crippen LogP) is 6.21. The Labute approximate surface area is 240 Å². The van der Waals surface area contributed by atoms with Crippen molar-refractivity contribution in [2.75, 3.05) is 16.4 Å². The lowest BCUT2D eigenvalue weighted by molar-refractivity contribution is -0.114. The Bertz CT molecular complexity index is 1800. The van der Waals surface area contributed by atoms with Gasteiger partial charge in [0.15, 0.2) is 10.3 Å². The molecule has 4 heterocycles. The summed E-state index contributed by atoms with van der Waals surface area (Å²) in [7, 11) is 0. The highest BCUT2D eigenvalue weighted by molar-refractivity contribution is 8.03. The van der Waals surface area contributed by atoms with Crippen LogP contribution in [0.1, 0.15) is 18.6 Å². The van der Waals surface area contributed by atoms with E-state index in [2.05, 4.69) is 32.0 Å². The molecule has 1 aliphatic rings. The number of furan rings is 1. The van der Waals surface area contributed by atoms with E-state index in [0.29, 0.717) is 32.3 Å². The molecule has 1 aliphatic heterocycles. The SMILES string of the molecule is CC1=C(C(=O)Nc2nc3ccccc3s2)C(c2ccco2)C(C#N)=C(SCC(=O)Nc2nc3ccccc3s2)N1. The zero-order valence-corrected chi connectivity index (χ0v) is 23.4. The number of rotatable bonds is 7. The molecule has 0 spiro atoms. The maximum absolute atomic E-state index is 13.6. The molecule has 198 valence electrons. The minimum atomic E-state index is -0.759. The van der Waals surface area contributed by atoms with Gasteiger partial charge in [0.25, 0.3) is 5.91 Å². The number of nitrogens with one attached hydrogen (secondary N) is 3. The number of allylic oxidation sites excluding steroid dienone is 2. The molecule has 40 heavy (non-hydrogen) atoms. The first-order chi connectivity index (χ1) is 19.5. The summed E-state index contributed by atoms with van der Waals surface area (Å²) >= 11 is 3.95. The summed E-state index contributed by atoms with van der Waals surface area (Å²) in [5.41, 5.74) is 2.78. The molecule has 2 aromatic carbocycles. The summed E-state index contributed by atoms with van der Waals surface area (Å²) in [5.74, 6) is -0.925. The molecule has 9 nitrogen and oxygen atoms in total. The molecule has 6 rings (SSSR count). The summed E-state index contributed by atoms with van der Waals surface area (Å²) in [6, 6.07) is 21.0. The van der Waals surface area contributed by atoms with E-state index in [-0.39, 0.29) is 17.2 Å². The van der Waals surface area contributed by atoms with Crippen LogP contribution >= 0.6 is 34.4 Å². The first-order valence-electron chi connectivity index (χ1n) is 12.1. The molecular weight excluding hydrogens is 565 g/mol. The topological polar surface area (TPSA) is 133 Å². The van der Waals surface area contributed by atoms with Crippen LogP contribution in [0.25, 0.3) is 20.4 Å². The number of carbonyl (C=O) groups excluding carboxylic acids is 2. The second-order valence-electron chi connectivity index (χ2n) is 8.73. The second-order valence-corrected chi connectivity index (χ2v) is 11.8. The van der Waals surface area contributed by atoms with Gasteiger partial charge < -0.3 is 15.1 Å². The minimum Gasteiger partial charge on any atom is -0.468 e. The van der Waals surface area contributed by atoms with E-state index in [4.69, 9.17) is 4.42 Å². The van der Waals surface area contributed by atoms with E-state index < -0.39 is 11.8 Å². The van der Waals surface area contributed by atoms with Crippen molar-refractivity contribution in [2.24, 2.45) is 0 Å². The molecule has 12 heteroatoms. The molecule has 0 radical (unpaired) electrons. The summed E-state index contributed by atoms with van der Waals surface area (Å²) in [6.07, 6.45) is 1.50. The van der Waals surface area contributed by atoms with Gasteiger partial charge in [-0.3, -0.25) is 14.9 Å². The van der Waals surface area contributed by atoms with E-state index >= 15 is 0 Å². The summed E-state index contributed by atoms with van der Waals surface area (Å²) in [5, 5.41) is 20.6. The fourth-order valence-corrected chi connectivity index (χ4v) is 7.01. The average molecular weight is 585 g/mol. The molecule has 0 saturated heterocycles. The number of anilines is 2. The Morgan fingerprint density at radius 2 is 1.65 bits per heavy atom. The molecular formula is C28H20N6O3S3. The second kappa shape index (κ2) is 11.0. The van der Waals surface area contributed by atoms with Crippen molar-refractivity contribution in [3.8, 4) is 6.07 Å². The van der Waals surface area contributed by atoms with E-state index in [1.54, 1.807) is 19.1 Å². The Morgan fingerprint density at radius 1 is 1.00 bits per heavy atom. The fourth-order valence-electron chi connectivity index (χ4n) is 4.38. The van der Waals surface area contributed by atoms with E-state index in [0.717, 1.165) is 20.4 Å². The summed E-state index contributed by atoms with van der Waals surface area (Å²) < 4.78 is 7.61. The molecule has 3 N–H and O–H groups in total. The zero-order chi connectivity index (χ0) is 27.6. The smallest absolute Gasteiger partial charge is 0.256 e. The van der Waals surface area contributed by atoms with Crippen LogP contribution in [-0.4, -0.2) is 27.5 Å². The lowest BCUT2D eigenvalue weighted by atomic mass is 9.85. The van der Waals surface area contributed by atoms with Crippen molar-refractivity contribution in [2.45, 2.75) is 12.8 Å². The van der Waals surface area contributed by atoms with E-state index in [1.807, 2.05) is 48.5 Å². The number of nitrogens with zero attached hydrogens (tertiary/aromatic N) is 3. The Balaban J connectivity index is 1.23. The van der Waals surface area contributed by atoms with Crippen LogP contribution in [0.3, 0.4) is 0 Å². The van der Waals surface area contributed by atoms with Crippen molar-refractivity contribution in [3.05, 3.63) is 94.6 Å². The third kappa shape index (κ3) is 5.10. The highest BCUT2D eigenvalue weighted by Crippen LogP contribution is 2.41. The minimum absolute atomic E-state index is 0.0365. The van der Waals surface area contributed by atoms with Gasteiger partial charge in [-0.25, -0.2) is 9.97 Å². The number of benzene rings is 2. The predicted molar refractivity (Wildman–Crippen MR) is 159 cm³/mol. The van der Waals surface area contributed by atoms with Crippen LogP contribution in [-0.2, 0) is 9.59 Å². The number of amides is 2. The van der Waals surface area contributed by atoms with Crippen molar-refractivity contribution in [1.29, 1.82) is 5.26 Å². The maximum Gasteiger partial charge on any atom is 0.256 e. The number of carbonyl (C=O) groups is 2. The molecule has 1 atom stereocenters. The molecule has 5 aromatic rings. The molecule has 3 aromatic heterocycles. The maximum atomic E-state index is 13.6. The number of hydrogen-bond acceptors (Lipinski definition) is 10. The first-order valence-corrected chi connectivity index (χ1v) is 14.7. The number of dihydropyridines is 1. The van der Waals surface area contributed by atoms with E-state index in [1.165, 1.54) is 40.7 Å². The summed E-state index contributed by atoms with van der Waals surface area (Å²) in [4.78, 5) is 35.3. The van der Waals surface area contributed by atoms with Crippen molar-refractivity contribution < 1.29 is 14.0 Å². The normalized spacial score (nSPS) is 15.2. The molecule has 2 amide bonds. The number of para-hydroxylation sites is 2. The van der Waals surface area contributed by atoms with E-state index in [9.17, 15) is 14.9 Å². The van der Waals surface area contributed by atoms with Crippen LogP contribution < -0.4 is 16.0 Å². The van der Waals surface area contributed by atoms with Gasteiger partial charge in [-0.1, -0.05) is 58.7 Å². The highest BCUT2D eigenvalue weighted by Gasteiger charge is 2.36. The molecule has 0 bridgehead atoms. The van der Waals surface area contributed by atoms with Gasteiger partial charge in [-0.2, -0.15) is 5.26 Å². The largest absolute Gasteiger partial charge is 0.468 e. The third-order valence-corrected chi connectivity index (χ3v) is 9.04. The number of aromatic nitrogens is 2. The van der Waals surface area contributed by atoms with Crippen LogP contribution in [0, 0.1) is 11.3 Å². The third-order valence-electron chi connectivity index (χ3n) is 6.12. The van der Waals surface area contributed by atoms with Crippen molar-refractivity contribution >= 4 is 76.9 Å². The standard InChI is InChI=1S/C28H20N6O3S3/c1-15-23(25(36)34-28-32-18-8-3-5-11-21(18)40-28)24(19-9-6-12-37-19)16(13-29)26(30-15)38-14-22(35)33-27-31-17-7-2-4-10-20(17)39-27/h2-12,24,30H,14H2,1H3,(H,31,33,35)(H,32,34,36). The Morgan fingerprint density at radius 3 is 2.25 bits per heavy atom. The quantitative estimate of drug-likeness (QED) is 0.206. The molecule has 0 aliphatic carbocycles. The van der Waals surface area contributed by atoms with Gasteiger partial charge >= 0.3 is 0 Å². The average Bonchev–Trinajstić information content (AvgIpc) is 3.70. The lowest BCUT2D eigenvalue weighted by Crippen LogP contribution is -2.31. The monoisotopic (exact) mass is 584 g/mol. The summed E-state index contributed by atoms with van der Waals surface area (Å²) in [6.45, 7) is 1.76. The molecule has 0 saturated carbocycles. The van der Waals surface area contributed by atoms with Gasteiger partial charge in [0, 0.05) is 5.70 Å². The fraction of sp³-hybridized carbons (Fsp3) is 0.107. The number of hydrogen-bond donors (Lipinski definition) is 3.